The van der Waals surface area contributed by atoms with Gasteiger partial charge in [0.15, 0.2) is 0 Å². The van der Waals surface area contributed by atoms with Gasteiger partial charge >= 0.3 is 6.18 Å². The summed E-state index contributed by atoms with van der Waals surface area (Å²) in [4.78, 5) is 4.83. The van der Waals surface area contributed by atoms with Crippen molar-refractivity contribution in [2.45, 2.75) is 17.5 Å². The highest BCUT2D eigenvalue weighted by Gasteiger charge is 2.30. The third-order valence-electron chi connectivity index (χ3n) is 4.51. The predicted molar refractivity (Wildman–Crippen MR) is 111 cm³/mol. The molecule has 31 heavy (non-hydrogen) atoms. The van der Waals surface area contributed by atoms with Gasteiger partial charge in [-0.05, 0) is 36.2 Å². The van der Waals surface area contributed by atoms with E-state index < -0.39 is 21.8 Å². The van der Waals surface area contributed by atoms with Crippen molar-refractivity contribution in [1.29, 1.82) is 0 Å². The first-order valence-corrected chi connectivity index (χ1v) is 11.4. The molecule has 0 amide bonds. The van der Waals surface area contributed by atoms with E-state index in [-0.39, 0.29) is 4.90 Å². The number of anilines is 1. The zero-order valence-corrected chi connectivity index (χ0v) is 17.4. The Hall–Kier alpha value is -2.96. The Balaban J connectivity index is 1.47. The first-order chi connectivity index (χ1) is 14.6. The van der Waals surface area contributed by atoms with Crippen molar-refractivity contribution < 1.29 is 21.6 Å². The summed E-state index contributed by atoms with van der Waals surface area (Å²) in [5.41, 5.74) is 1.01. The second-order valence-electron chi connectivity index (χ2n) is 6.69. The van der Waals surface area contributed by atoms with Crippen molar-refractivity contribution in [3.8, 4) is 11.3 Å². The number of nitrogens with two attached hydrogens (primary N) is 1. The number of nitrogens with one attached hydrogen (secondary N) is 1. The van der Waals surface area contributed by atoms with Gasteiger partial charge in [0.1, 0.15) is 0 Å². The number of nitrogens with zero attached hydrogens (tertiary/aromatic N) is 3. The maximum Gasteiger partial charge on any atom is 0.416 e. The van der Waals surface area contributed by atoms with Crippen LogP contribution in [-0.4, -0.2) is 29.6 Å². The highest BCUT2D eigenvalue weighted by Crippen LogP contribution is 2.33. The molecule has 0 aliphatic rings. The van der Waals surface area contributed by atoms with E-state index in [9.17, 15) is 21.6 Å². The van der Waals surface area contributed by atoms with E-state index in [4.69, 9.17) is 5.14 Å². The third kappa shape index (κ3) is 4.70. The molecule has 7 nitrogen and oxygen atoms in total. The molecule has 0 unspecified atom stereocenters. The van der Waals surface area contributed by atoms with Gasteiger partial charge < -0.3 is 5.32 Å². The Bertz CT molecular complexity index is 1330. The largest absolute Gasteiger partial charge is 0.416 e. The maximum atomic E-state index is 13.0. The fourth-order valence-electron chi connectivity index (χ4n) is 2.98. The lowest BCUT2D eigenvalue weighted by molar-refractivity contribution is -0.137. The molecule has 4 aromatic rings. The molecule has 0 aliphatic heterocycles. The summed E-state index contributed by atoms with van der Waals surface area (Å²) in [6.45, 7) is 0.518. The van der Waals surface area contributed by atoms with Crippen molar-refractivity contribution in [1.82, 2.24) is 14.6 Å². The number of aromatic nitrogens is 3. The van der Waals surface area contributed by atoms with E-state index in [1.165, 1.54) is 40.2 Å². The highest BCUT2D eigenvalue weighted by molar-refractivity contribution is 7.89. The van der Waals surface area contributed by atoms with Gasteiger partial charge in [0.05, 0.1) is 22.3 Å². The molecular weight excluding hydrogens is 451 g/mol. The lowest BCUT2D eigenvalue weighted by Gasteiger charge is -2.07. The normalized spacial score (nSPS) is 12.4. The van der Waals surface area contributed by atoms with Crippen molar-refractivity contribution in [3.63, 3.8) is 0 Å². The van der Waals surface area contributed by atoms with Crippen LogP contribution in [0.1, 0.15) is 11.1 Å². The van der Waals surface area contributed by atoms with Crippen LogP contribution in [0, 0.1) is 0 Å². The van der Waals surface area contributed by atoms with Gasteiger partial charge in [-0.15, -0.1) is 5.10 Å². The summed E-state index contributed by atoms with van der Waals surface area (Å²) in [5.74, 6) is 0. The van der Waals surface area contributed by atoms with Crippen LogP contribution < -0.4 is 10.5 Å². The SMILES string of the molecule is NS(=O)(=O)c1ccc(CCNc2nn3c(-c4cccc(C(F)(F)F)c4)cnc3s2)cc1. The van der Waals surface area contributed by atoms with Crippen LogP contribution >= 0.6 is 11.3 Å². The minimum absolute atomic E-state index is 0.0486. The van der Waals surface area contributed by atoms with Gasteiger partial charge in [-0.3, -0.25) is 0 Å². The molecule has 162 valence electrons. The lowest BCUT2D eigenvalue weighted by Crippen LogP contribution is -2.12. The number of alkyl halides is 3. The van der Waals surface area contributed by atoms with Gasteiger partial charge in [0.25, 0.3) is 0 Å². The molecule has 0 fully saturated rings. The number of halogens is 3. The van der Waals surface area contributed by atoms with Crippen LogP contribution in [0.5, 0.6) is 0 Å². The minimum Gasteiger partial charge on any atom is -0.360 e. The number of rotatable bonds is 6. The van der Waals surface area contributed by atoms with E-state index in [2.05, 4.69) is 15.4 Å². The molecule has 2 aromatic heterocycles. The molecule has 0 saturated carbocycles. The van der Waals surface area contributed by atoms with Gasteiger partial charge in [-0.1, -0.05) is 35.6 Å². The van der Waals surface area contributed by atoms with E-state index in [1.807, 2.05) is 0 Å². The summed E-state index contributed by atoms with van der Waals surface area (Å²) in [7, 11) is -3.73. The molecule has 0 spiro atoms. The van der Waals surface area contributed by atoms with E-state index >= 15 is 0 Å². The lowest BCUT2D eigenvalue weighted by atomic mass is 10.1. The molecule has 0 saturated heterocycles. The van der Waals surface area contributed by atoms with Gasteiger partial charge in [0.2, 0.25) is 20.1 Å². The average Bonchev–Trinajstić information content (AvgIpc) is 3.27. The Kier molecular flexibility index (Phi) is 5.45. The van der Waals surface area contributed by atoms with Gasteiger partial charge in [-0.2, -0.15) is 13.2 Å². The quantitative estimate of drug-likeness (QED) is 0.449. The molecule has 3 N–H and O–H groups in total. The minimum atomic E-state index is -4.43. The van der Waals surface area contributed by atoms with Crippen molar-refractivity contribution in [3.05, 3.63) is 65.9 Å². The summed E-state index contributed by atoms with van der Waals surface area (Å²) in [5, 5.41) is 13.2. The van der Waals surface area contributed by atoms with Crippen LogP contribution in [-0.2, 0) is 22.6 Å². The highest BCUT2D eigenvalue weighted by atomic mass is 32.2. The molecule has 2 aromatic carbocycles. The van der Waals surface area contributed by atoms with Crippen LogP contribution in [0.3, 0.4) is 0 Å². The first-order valence-electron chi connectivity index (χ1n) is 8.99. The smallest absolute Gasteiger partial charge is 0.360 e. The molecule has 0 bridgehead atoms. The number of sulfonamides is 1. The maximum absolute atomic E-state index is 13.0. The predicted octanol–water partition coefficient (Wildman–Crippen LogP) is 3.78. The van der Waals surface area contributed by atoms with E-state index in [0.717, 1.165) is 17.7 Å². The molecule has 2 heterocycles. The van der Waals surface area contributed by atoms with Crippen LogP contribution in [0.15, 0.2) is 59.6 Å². The third-order valence-corrected chi connectivity index (χ3v) is 6.32. The fourth-order valence-corrected chi connectivity index (χ4v) is 4.29. The van der Waals surface area contributed by atoms with Crippen LogP contribution in [0.25, 0.3) is 16.2 Å². The summed E-state index contributed by atoms with van der Waals surface area (Å²) >= 11 is 1.28. The molecule has 4 rings (SSSR count). The number of hydrogen-bond donors (Lipinski definition) is 2. The van der Waals surface area contributed by atoms with Crippen LogP contribution in [0.2, 0.25) is 0 Å². The number of benzene rings is 2. The molecule has 12 heteroatoms. The molecule has 0 atom stereocenters. The summed E-state index contributed by atoms with van der Waals surface area (Å²) in [6, 6.07) is 11.3. The second-order valence-corrected chi connectivity index (χ2v) is 9.21. The van der Waals surface area contributed by atoms with Crippen molar-refractivity contribution in [2.24, 2.45) is 5.14 Å². The average molecular weight is 467 g/mol. The van der Waals surface area contributed by atoms with E-state index in [1.54, 1.807) is 18.2 Å². The van der Waals surface area contributed by atoms with Gasteiger partial charge in [0, 0.05) is 12.1 Å². The van der Waals surface area contributed by atoms with Crippen molar-refractivity contribution in [2.75, 3.05) is 11.9 Å². The number of hydrogen-bond acceptors (Lipinski definition) is 6. The van der Waals surface area contributed by atoms with E-state index in [0.29, 0.717) is 34.3 Å². The van der Waals surface area contributed by atoms with Gasteiger partial charge in [-0.25, -0.2) is 23.1 Å². The molecular formula is C19H16F3N5O2S2. The first kappa shape index (κ1) is 21.3. The molecule has 0 aliphatic carbocycles. The zero-order valence-electron chi connectivity index (χ0n) is 15.8. The molecule has 0 radical (unpaired) electrons. The summed E-state index contributed by atoms with van der Waals surface area (Å²) in [6.07, 6.45) is -2.33. The Morgan fingerprint density at radius 2 is 1.87 bits per heavy atom. The topological polar surface area (TPSA) is 102 Å². The number of imidazole rings is 1. The monoisotopic (exact) mass is 467 g/mol. The second kappa shape index (κ2) is 7.94. The zero-order chi connectivity index (χ0) is 22.2. The Morgan fingerprint density at radius 3 is 2.55 bits per heavy atom. The standard InChI is InChI=1S/C19H16F3N5O2S2/c20-19(21,22)14-3-1-2-13(10-14)16-11-25-18-27(16)26-17(30-18)24-9-8-12-4-6-15(7-5-12)31(23,28)29/h1-7,10-11H,8-9H2,(H,24,26)(H2,23,28,29). The Morgan fingerprint density at radius 1 is 1.13 bits per heavy atom. The number of fused-ring (bicyclic) bond motifs is 1. The fraction of sp³-hybridized carbons (Fsp3) is 0.158. The number of primary sulfonamides is 1. The van der Waals surface area contributed by atoms with Crippen molar-refractivity contribution >= 4 is 31.5 Å². The Labute approximate surface area is 179 Å². The van der Waals surface area contributed by atoms with Crippen LogP contribution in [0.4, 0.5) is 18.3 Å². The summed E-state index contributed by atoms with van der Waals surface area (Å²) < 4.78 is 63.1.